The van der Waals surface area contributed by atoms with Crippen molar-refractivity contribution in [2.75, 3.05) is 26.7 Å². The van der Waals surface area contributed by atoms with Crippen molar-refractivity contribution in [2.24, 2.45) is 0 Å². The number of hydrogen-bond donors (Lipinski definition) is 2. The zero-order valence-electron chi connectivity index (χ0n) is 20.2. The Morgan fingerprint density at radius 3 is 2.10 bits per heavy atom. The summed E-state index contributed by atoms with van der Waals surface area (Å²) < 4.78 is 63.3. The van der Waals surface area contributed by atoms with E-state index in [1.54, 1.807) is 18.2 Å². The van der Waals surface area contributed by atoms with Gasteiger partial charge in [0.15, 0.2) is 17.4 Å². The second-order valence-electron chi connectivity index (χ2n) is 8.01. The first-order chi connectivity index (χ1) is 18.5. The molecule has 2 unspecified atom stereocenters. The van der Waals surface area contributed by atoms with E-state index in [2.05, 4.69) is 0 Å². The molecule has 3 rings (SSSR count). The van der Waals surface area contributed by atoms with E-state index in [1.807, 2.05) is 0 Å². The molecule has 0 heterocycles. The summed E-state index contributed by atoms with van der Waals surface area (Å²) in [4.78, 5) is 11.5. The Bertz CT molecular complexity index is 1340. The molecule has 8 nitrogen and oxygen atoms in total. The summed E-state index contributed by atoms with van der Waals surface area (Å²) in [5.74, 6) is -3.67. The van der Waals surface area contributed by atoms with Crippen molar-refractivity contribution >= 4 is 62.7 Å². The van der Waals surface area contributed by atoms with Crippen molar-refractivity contribution < 1.29 is 31.9 Å². The van der Waals surface area contributed by atoms with Crippen molar-refractivity contribution in [2.45, 2.75) is 10.6 Å². The van der Waals surface area contributed by atoms with Crippen LogP contribution in [0.3, 0.4) is 0 Å². The van der Waals surface area contributed by atoms with Gasteiger partial charge >= 0.3 is 0 Å². The van der Waals surface area contributed by atoms with Crippen LogP contribution in [0.1, 0.15) is 5.56 Å². The maximum atomic E-state index is 14.8. The fourth-order valence-corrected chi connectivity index (χ4v) is 6.07. The summed E-state index contributed by atoms with van der Waals surface area (Å²) in [5, 5.41) is 10.1. The van der Waals surface area contributed by atoms with Gasteiger partial charge in [-0.25, -0.2) is 31.3 Å². The first-order valence-electron chi connectivity index (χ1n) is 11.0. The summed E-state index contributed by atoms with van der Waals surface area (Å²) in [6.07, 6.45) is 0. The van der Waals surface area contributed by atoms with Gasteiger partial charge in [-0.15, -0.1) is 0 Å². The molecule has 3 aromatic carbocycles. The Hall–Kier alpha value is -2.16. The number of rotatable bonds is 12. The Labute approximate surface area is 243 Å². The van der Waals surface area contributed by atoms with Crippen LogP contribution in [-0.4, -0.2) is 54.8 Å². The molecule has 2 atom stereocenters. The van der Waals surface area contributed by atoms with E-state index >= 15 is 0 Å². The van der Waals surface area contributed by atoms with Gasteiger partial charge in [0.05, 0.1) is 28.2 Å². The fraction of sp³-hybridized carbons (Fsp3) is 0.208. The smallest absolute Gasteiger partial charge is 0.258 e. The number of hydroxylamine groups is 1. The molecule has 1 amide bonds. The molecule has 39 heavy (non-hydrogen) atoms. The van der Waals surface area contributed by atoms with Crippen LogP contribution in [0, 0.1) is 11.6 Å². The Morgan fingerprint density at radius 1 is 0.949 bits per heavy atom. The number of nitrogens with zero attached hydrogens (tertiary/aromatic N) is 2. The predicted molar refractivity (Wildman–Crippen MR) is 147 cm³/mol. The number of carbonyl (C=O) groups is 1. The molecule has 0 aromatic heterocycles. The number of benzene rings is 3. The van der Waals surface area contributed by atoms with E-state index in [9.17, 15) is 22.0 Å². The van der Waals surface area contributed by atoms with E-state index in [4.69, 9.17) is 44.7 Å². The summed E-state index contributed by atoms with van der Waals surface area (Å²) in [6, 6.07) is 12.2. The molecule has 0 spiro atoms. The molecule has 0 fully saturated rings. The SMILES string of the molecule is CN(CCN(CC(=O)NO)S(=O)c1cc(F)c(Oc2ccc(Cl)cc2)c(F)c1)S(=O)Cc1cc(Cl)cc(Cl)c1. The van der Waals surface area contributed by atoms with E-state index in [0.717, 1.165) is 16.4 Å². The maximum absolute atomic E-state index is 14.8. The molecular formula is C24H22Cl3F2N3O5S2. The van der Waals surface area contributed by atoms with Crippen LogP contribution >= 0.6 is 34.8 Å². The number of likely N-dealkylation sites (N-methyl/N-ethyl adjacent to an activating group) is 1. The normalized spacial score (nSPS) is 12.9. The largest absolute Gasteiger partial charge is 0.451 e. The van der Waals surface area contributed by atoms with Crippen LogP contribution in [0.25, 0.3) is 0 Å². The lowest BCUT2D eigenvalue weighted by molar-refractivity contribution is -0.129. The third-order valence-electron chi connectivity index (χ3n) is 5.11. The van der Waals surface area contributed by atoms with Gasteiger partial charge < -0.3 is 4.74 Å². The van der Waals surface area contributed by atoms with E-state index in [-0.39, 0.29) is 29.5 Å². The molecule has 0 aliphatic carbocycles. The number of halogens is 5. The van der Waals surface area contributed by atoms with Gasteiger partial charge in [0.1, 0.15) is 16.7 Å². The number of nitrogens with one attached hydrogen (secondary N) is 1. The van der Waals surface area contributed by atoms with Crippen LogP contribution in [0.5, 0.6) is 11.5 Å². The summed E-state index contributed by atoms with van der Waals surface area (Å²) in [7, 11) is -2.26. The summed E-state index contributed by atoms with van der Waals surface area (Å²) in [5.41, 5.74) is 2.06. The first kappa shape index (κ1) is 31.4. The molecule has 210 valence electrons. The molecule has 15 heteroatoms. The van der Waals surface area contributed by atoms with Gasteiger partial charge in [-0.1, -0.05) is 34.8 Å². The standard InChI is InChI=1S/C24H22Cl3F2N3O5S2/c1-31(38(35)14-15-8-17(26)10-18(27)9-15)6-7-32(13-23(33)30-34)39(36)20-11-21(28)24(22(29)12-20)37-19-4-2-16(25)3-5-19/h2-5,8-12,34H,6-7,13-14H2,1H3,(H,30,33). The minimum atomic E-state index is -2.25. The molecule has 0 radical (unpaired) electrons. The summed E-state index contributed by atoms with van der Waals surface area (Å²) in [6.45, 7) is -0.668. The minimum Gasteiger partial charge on any atom is -0.451 e. The van der Waals surface area contributed by atoms with Gasteiger partial charge in [0.25, 0.3) is 5.91 Å². The molecule has 0 aliphatic rings. The van der Waals surface area contributed by atoms with Crippen LogP contribution < -0.4 is 10.2 Å². The number of carbonyl (C=O) groups excluding carboxylic acids is 1. The Balaban J connectivity index is 1.73. The molecule has 0 saturated heterocycles. The van der Waals surface area contributed by atoms with Crippen LogP contribution in [-0.2, 0) is 32.5 Å². The fourth-order valence-electron chi connectivity index (χ4n) is 3.22. The van der Waals surface area contributed by atoms with Crippen molar-refractivity contribution in [3.8, 4) is 11.5 Å². The van der Waals surface area contributed by atoms with Crippen LogP contribution in [0.4, 0.5) is 8.78 Å². The van der Waals surface area contributed by atoms with Gasteiger partial charge in [-0.2, -0.15) is 0 Å². The third kappa shape index (κ3) is 9.19. The van der Waals surface area contributed by atoms with Gasteiger partial charge in [-0.05, 0) is 67.2 Å². The number of ether oxygens (including phenoxy) is 1. The maximum Gasteiger partial charge on any atom is 0.258 e. The van der Waals surface area contributed by atoms with Crippen LogP contribution in [0.2, 0.25) is 15.1 Å². The van der Waals surface area contributed by atoms with Crippen LogP contribution in [0.15, 0.2) is 59.5 Å². The quantitative estimate of drug-likeness (QED) is 0.206. The third-order valence-corrected chi connectivity index (χ3v) is 8.68. The predicted octanol–water partition coefficient (Wildman–Crippen LogP) is 5.34. The summed E-state index contributed by atoms with van der Waals surface area (Å²) >= 11 is 17.8. The van der Waals surface area contributed by atoms with Crippen molar-refractivity contribution in [3.05, 3.63) is 86.9 Å². The molecular weight excluding hydrogens is 619 g/mol. The highest BCUT2D eigenvalue weighted by Gasteiger charge is 2.24. The van der Waals surface area contributed by atoms with Crippen molar-refractivity contribution in [1.29, 1.82) is 0 Å². The van der Waals surface area contributed by atoms with E-state index in [1.165, 1.54) is 41.1 Å². The lowest BCUT2D eigenvalue weighted by Crippen LogP contribution is -2.41. The van der Waals surface area contributed by atoms with Gasteiger partial charge in [0.2, 0.25) is 0 Å². The molecule has 0 bridgehead atoms. The lowest BCUT2D eigenvalue weighted by Gasteiger charge is -2.23. The zero-order valence-corrected chi connectivity index (χ0v) is 24.1. The number of amides is 1. The highest BCUT2D eigenvalue weighted by Crippen LogP contribution is 2.30. The second kappa shape index (κ2) is 14.5. The minimum absolute atomic E-state index is 0.0358. The lowest BCUT2D eigenvalue weighted by atomic mass is 10.2. The highest BCUT2D eigenvalue weighted by atomic mass is 35.5. The second-order valence-corrected chi connectivity index (χ2v) is 12.4. The topological polar surface area (TPSA) is 99.2 Å². The Kier molecular flexibility index (Phi) is 11.6. The average Bonchev–Trinajstić information content (AvgIpc) is 2.88. The Morgan fingerprint density at radius 2 is 1.54 bits per heavy atom. The van der Waals surface area contributed by atoms with E-state index < -0.39 is 51.8 Å². The van der Waals surface area contributed by atoms with Gasteiger partial charge in [-0.3, -0.25) is 10.0 Å². The molecule has 0 saturated carbocycles. The highest BCUT2D eigenvalue weighted by molar-refractivity contribution is 7.82. The van der Waals surface area contributed by atoms with Gasteiger partial charge in [0, 0.05) is 28.2 Å². The molecule has 3 aromatic rings. The average molecular weight is 641 g/mol. The van der Waals surface area contributed by atoms with E-state index in [0.29, 0.717) is 20.6 Å². The van der Waals surface area contributed by atoms with Crippen molar-refractivity contribution in [1.82, 2.24) is 14.1 Å². The monoisotopic (exact) mass is 639 g/mol. The zero-order chi connectivity index (χ0) is 28.7. The van der Waals surface area contributed by atoms with Crippen molar-refractivity contribution in [3.63, 3.8) is 0 Å². The first-order valence-corrected chi connectivity index (χ1v) is 14.5. The number of hydrogen-bond acceptors (Lipinski definition) is 5. The molecule has 2 N–H and O–H groups in total. The molecule has 0 aliphatic heterocycles.